The highest BCUT2D eigenvalue weighted by molar-refractivity contribution is 5.96. The van der Waals surface area contributed by atoms with Crippen LogP contribution in [0.15, 0.2) is 71.9 Å². The summed E-state index contributed by atoms with van der Waals surface area (Å²) in [4.78, 5) is 42.5. The SMILES string of the molecule is CCOC(=O)c1ccc(NC(=O)Cn2cc(-c3ccccc3)c3ncn(CCOC)c(=O)c32)cc1. The van der Waals surface area contributed by atoms with Crippen molar-refractivity contribution in [1.82, 2.24) is 14.1 Å². The third-order valence-corrected chi connectivity index (χ3v) is 5.46. The Balaban J connectivity index is 1.64. The molecule has 2 aromatic carbocycles. The second kappa shape index (κ2) is 10.8. The van der Waals surface area contributed by atoms with Gasteiger partial charge >= 0.3 is 5.97 Å². The van der Waals surface area contributed by atoms with Gasteiger partial charge in [-0.3, -0.25) is 14.2 Å². The maximum atomic E-state index is 13.3. The number of esters is 1. The fourth-order valence-corrected chi connectivity index (χ4v) is 3.78. The van der Waals surface area contributed by atoms with E-state index in [1.54, 1.807) is 49.1 Å². The standard InChI is InChI=1S/C26H26N4O5/c1-3-35-26(33)19-9-11-20(12-10-19)28-22(31)16-30-15-21(18-7-5-4-6-8-18)23-24(30)25(32)29(17-27-23)13-14-34-2/h4-12,15,17H,3,13-14,16H2,1-2H3,(H,28,31). The number of fused-ring (bicyclic) bond motifs is 1. The molecule has 0 saturated heterocycles. The average Bonchev–Trinajstić information content (AvgIpc) is 3.23. The third kappa shape index (κ3) is 5.30. The van der Waals surface area contributed by atoms with Gasteiger partial charge < -0.3 is 19.4 Å². The predicted octanol–water partition coefficient (Wildman–Crippen LogP) is 3.33. The number of anilines is 1. The van der Waals surface area contributed by atoms with Gasteiger partial charge in [0.05, 0.1) is 31.6 Å². The molecule has 4 rings (SSSR count). The van der Waals surface area contributed by atoms with Gasteiger partial charge in [0.1, 0.15) is 17.6 Å². The number of carbonyl (C=O) groups excluding carboxylic acids is 2. The molecular formula is C26H26N4O5. The van der Waals surface area contributed by atoms with Crippen molar-refractivity contribution in [3.63, 3.8) is 0 Å². The van der Waals surface area contributed by atoms with E-state index in [-0.39, 0.29) is 24.6 Å². The predicted molar refractivity (Wildman–Crippen MR) is 132 cm³/mol. The summed E-state index contributed by atoms with van der Waals surface area (Å²) in [6, 6.07) is 16.0. The van der Waals surface area contributed by atoms with Crippen LogP contribution in [0.2, 0.25) is 0 Å². The number of rotatable bonds is 9. The van der Waals surface area contributed by atoms with E-state index in [2.05, 4.69) is 10.3 Å². The number of amides is 1. The topological polar surface area (TPSA) is 104 Å². The summed E-state index contributed by atoms with van der Waals surface area (Å²) in [6.07, 6.45) is 3.28. The molecule has 0 fully saturated rings. The minimum absolute atomic E-state index is 0.0891. The van der Waals surface area contributed by atoms with E-state index >= 15 is 0 Å². The van der Waals surface area contributed by atoms with Crippen molar-refractivity contribution in [3.8, 4) is 11.1 Å². The molecule has 0 aliphatic heterocycles. The highest BCUT2D eigenvalue weighted by Crippen LogP contribution is 2.27. The van der Waals surface area contributed by atoms with Crippen molar-refractivity contribution in [1.29, 1.82) is 0 Å². The van der Waals surface area contributed by atoms with Gasteiger partial charge in [0.15, 0.2) is 0 Å². The molecule has 0 saturated carbocycles. The second-order valence-electron chi connectivity index (χ2n) is 7.82. The summed E-state index contributed by atoms with van der Waals surface area (Å²) in [7, 11) is 1.57. The number of hydrogen-bond donors (Lipinski definition) is 1. The van der Waals surface area contributed by atoms with Crippen LogP contribution in [-0.4, -0.2) is 46.3 Å². The first-order valence-electron chi connectivity index (χ1n) is 11.2. The van der Waals surface area contributed by atoms with Crippen LogP contribution < -0.4 is 10.9 Å². The van der Waals surface area contributed by atoms with Crippen molar-refractivity contribution in [3.05, 3.63) is 83.0 Å². The zero-order valence-electron chi connectivity index (χ0n) is 19.6. The van der Waals surface area contributed by atoms with Gasteiger partial charge in [-0.25, -0.2) is 9.78 Å². The average molecular weight is 475 g/mol. The number of benzene rings is 2. The molecule has 0 aliphatic carbocycles. The Labute approximate surface area is 201 Å². The molecule has 0 atom stereocenters. The second-order valence-corrected chi connectivity index (χ2v) is 7.82. The molecule has 180 valence electrons. The normalized spacial score (nSPS) is 10.9. The maximum Gasteiger partial charge on any atom is 0.338 e. The summed E-state index contributed by atoms with van der Waals surface area (Å²) >= 11 is 0. The first-order valence-corrected chi connectivity index (χ1v) is 11.2. The molecule has 35 heavy (non-hydrogen) atoms. The fraction of sp³-hybridized carbons (Fsp3) is 0.231. The zero-order valence-corrected chi connectivity index (χ0v) is 19.6. The van der Waals surface area contributed by atoms with Crippen molar-refractivity contribution in [2.75, 3.05) is 25.6 Å². The Hall–Kier alpha value is -4.24. The molecule has 9 nitrogen and oxygen atoms in total. The number of ether oxygens (including phenoxy) is 2. The summed E-state index contributed by atoms with van der Waals surface area (Å²) in [5.41, 5.74) is 3.21. The van der Waals surface area contributed by atoms with E-state index in [0.29, 0.717) is 35.4 Å². The summed E-state index contributed by atoms with van der Waals surface area (Å²) < 4.78 is 13.2. The number of hydrogen-bond acceptors (Lipinski definition) is 6. The molecule has 4 aromatic rings. The Bertz CT molecular complexity index is 1390. The number of nitrogens with one attached hydrogen (secondary N) is 1. The van der Waals surface area contributed by atoms with Crippen LogP contribution >= 0.6 is 0 Å². The Morgan fingerprint density at radius 3 is 2.46 bits per heavy atom. The smallest absolute Gasteiger partial charge is 0.338 e. The molecule has 0 bridgehead atoms. The lowest BCUT2D eigenvalue weighted by molar-refractivity contribution is -0.116. The molecule has 2 aromatic heterocycles. The zero-order chi connectivity index (χ0) is 24.8. The van der Waals surface area contributed by atoms with Crippen LogP contribution in [0, 0.1) is 0 Å². The molecule has 1 N–H and O–H groups in total. The molecule has 0 aliphatic rings. The Morgan fingerprint density at radius 2 is 1.77 bits per heavy atom. The molecule has 0 radical (unpaired) electrons. The van der Waals surface area contributed by atoms with Gasteiger partial charge in [-0.15, -0.1) is 0 Å². The fourth-order valence-electron chi connectivity index (χ4n) is 3.78. The van der Waals surface area contributed by atoms with Gasteiger partial charge in [0, 0.05) is 24.6 Å². The van der Waals surface area contributed by atoms with Crippen molar-refractivity contribution in [2.45, 2.75) is 20.0 Å². The molecule has 2 heterocycles. The van der Waals surface area contributed by atoms with E-state index < -0.39 is 5.97 Å². The van der Waals surface area contributed by atoms with Crippen molar-refractivity contribution >= 4 is 28.6 Å². The lowest BCUT2D eigenvalue weighted by atomic mass is 10.1. The lowest BCUT2D eigenvalue weighted by Crippen LogP contribution is -2.26. The highest BCUT2D eigenvalue weighted by Gasteiger charge is 2.18. The summed E-state index contributed by atoms with van der Waals surface area (Å²) in [5, 5.41) is 2.81. The number of methoxy groups -OCH3 is 1. The Kier molecular flexibility index (Phi) is 7.37. The van der Waals surface area contributed by atoms with Gasteiger partial charge in [0.2, 0.25) is 5.91 Å². The summed E-state index contributed by atoms with van der Waals surface area (Å²) in [5.74, 6) is -0.744. The quantitative estimate of drug-likeness (QED) is 0.373. The monoisotopic (exact) mass is 474 g/mol. The van der Waals surface area contributed by atoms with E-state index in [1.807, 2.05) is 30.3 Å². The van der Waals surface area contributed by atoms with Crippen LogP contribution in [0.3, 0.4) is 0 Å². The van der Waals surface area contributed by atoms with E-state index in [9.17, 15) is 14.4 Å². The van der Waals surface area contributed by atoms with Crippen LogP contribution in [0.5, 0.6) is 0 Å². The van der Waals surface area contributed by atoms with Gasteiger partial charge in [0.25, 0.3) is 5.56 Å². The third-order valence-electron chi connectivity index (χ3n) is 5.46. The first-order chi connectivity index (χ1) is 17.0. The van der Waals surface area contributed by atoms with Gasteiger partial charge in [-0.2, -0.15) is 0 Å². The van der Waals surface area contributed by atoms with E-state index in [0.717, 1.165) is 11.1 Å². The van der Waals surface area contributed by atoms with Crippen LogP contribution in [0.4, 0.5) is 5.69 Å². The maximum absolute atomic E-state index is 13.3. The minimum atomic E-state index is -0.421. The van der Waals surface area contributed by atoms with E-state index in [4.69, 9.17) is 9.47 Å². The largest absolute Gasteiger partial charge is 0.462 e. The van der Waals surface area contributed by atoms with Crippen LogP contribution in [0.1, 0.15) is 17.3 Å². The molecular weight excluding hydrogens is 448 g/mol. The molecule has 0 spiro atoms. The van der Waals surface area contributed by atoms with Gasteiger partial charge in [-0.05, 0) is 36.8 Å². The number of nitrogens with zero attached hydrogens (tertiary/aromatic N) is 3. The molecule has 1 amide bonds. The number of aromatic nitrogens is 3. The van der Waals surface area contributed by atoms with Crippen molar-refractivity contribution in [2.24, 2.45) is 0 Å². The minimum Gasteiger partial charge on any atom is -0.462 e. The highest BCUT2D eigenvalue weighted by atomic mass is 16.5. The molecule has 9 heteroatoms. The van der Waals surface area contributed by atoms with Gasteiger partial charge in [-0.1, -0.05) is 30.3 Å². The van der Waals surface area contributed by atoms with Crippen LogP contribution in [0.25, 0.3) is 22.2 Å². The molecule has 0 unspecified atom stereocenters. The Morgan fingerprint density at radius 1 is 1.03 bits per heavy atom. The lowest BCUT2D eigenvalue weighted by Gasteiger charge is -2.09. The van der Waals surface area contributed by atoms with E-state index in [1.165, 1.54) is 10.9 Å². The summed E-state index contributed by atoms with van der Waals surface area (Å²) in [6.45, 7) is 2.65. The van der Waals surface area contributed by atoms with Crippen molar-refractivity contribution < 1.29 is 19.1 Å². The van der Waals surface area contributed by atoms with Crippen LogP contribution in [-0.2, 0) is 27.4 Å². The first kappa shape index (κ1) is 23.9. The number of carbonyl (C=O) groups is 2.